The molecule has 2 N–H and O–H groups in total. The number of anilines is 2. The lowest BCUT2D eigenvalue weighted by Crippen LogP contribution is -2.32. The Bertz CT molecular complexity index is 1890. The molecule has 6 rings (SSSR count). The van der Waals surface area contributed by atoms with Crippen molar-refractivity contribution in [3.05, 3.63) is 102 Å². The lowest BCUT2D eigenvalue weighted by molar-refractivity contribution is -0.122. The van der Waals surface area contributed by atoms with Gasteiger partial charge in [-0.2, -0.15) is 0 Å². The Hall–Kier alpha value is -4.20. The van der Waals surface area contributed by atoms with Gasteiger partial charge >= 0.3 is 10.8 Å². The number of rotatable bonds is 8. The van der Waals surface area contributed by atoms with Crippen LogP contribution >= 0.6 is 39.0 Å². The molecule has 0 bridgehead atoms. The normalized spacial score (nSPS) is 18.7. The maximum Gasteiger partial charge on any atom is 0.338 e. The summed E-state index contributed by atoms with van der Waals surface area (Å²) < 4.78 is 11.8. The number of carbonyl (C=O) groups is 4. The monoisotopic (exact) mass is 707 g/mol. The van der Waals surface area contributed by atoms with E-state index in [0.29, 0.717) is 42.6 Å². The van der Waals surface area contributed by atoms with Crippen LogP contribution < -0.4 is 19.8 Å². The molecule has 10 nitrogen and oxygen atoms in total. The molecule has 2 aliphatic rings. The quantitative estimate of drug-likeness (QED) is 0.181. The zero-order valence-electron chi connectivity index (χ0n) is 24.0. The Kier molecular flexibility index (Phi) is 8.67. The van der Waals surface area contributed by atoms with E-state index in [1.54, 1.807) is 31.2 Å². The molecule has 0 unspecified atom stereocenters. The summed E-state index contributed by atoms with van der Waals surface area (Å²) in [5.74, 6) is -3.00. The van der Waals surface area contributed by atoms with Gasteiger partial charge in [-0.3, -0.25) is 19.2 Å². The number of ether oxygens (including phenoxy) is 2. The lowest BCUT2D eigenvalue weighted by atomic mass is 9.82. The predicted octanol–water partition coefficient (Wildman–Crippen LogP) is 5.50. The van der Waals surface area contributed by atoms with Crippen molar-refractivity contribution >= 4 is 74.1 Å². The van der Waals surface area contributed by atoms with Gasteiger partial charge in [0.05, 0.1) is 28.8 Å². The number of aromatic nitrogens is 1. The summed E-state index contributed by atoms with van der Waals surface area (Å²) >= 11 is 5.64. The number of esters is 1. The van der Waals surface area contributed by atoms with E-state index < -0.39 is 34.9 Å². The number of imide groups is 1. The molecule has 2 aliphatic heterocycles. The minimum Gasteiger partial charge on any atom is -0.483 e. The molecule has 45 heavy (non-hydrogen) atoms. The average Bonchev–Trinajstić information content (AvgIpc) is 3.50. The molecule has 3 heterocycles. The van der Waals surface area contributed by atoms with Gasteiger partial charge < -0.3 is 19.8 Å². The van der Waals surface area contributed by atoms with Crippen molar-refractivity contribution in [3.8, 4) is 5.75 Å². The van der Waals surface area contributed by atoms with Gasteiger partial charge in [0.15, 0.2) is 6.61 Å². The molecule has 0 spiro atoms. The first-order valence-electron chi connectivity index (χ1n) is 14.0. The predicted molar refractivity (Wildman–Crippen MR) is 174 cm³/mol. The fraction of sp³-hybridized carbons (Fsp3) is 0.219. The minimum atomic E-state index is -0.871. The molecule has 0 aliphatic carbocycles. The molecule has 1 saturated heterocycles. The molecule has 4 aromatic rings. The number of thiazole rings is 1. The summed E-state index contributed by atoms with van der Waals surface area (Å²) in [6, 6.07) is 18.7. The molecule has 0 saturated carbocycles. The van der Waals surface area contributed by atoms with Crippen molar-refractivity contribution in [2.45, 2.75) is 30.0 Å². The Morgan fingerprint density at radius 3 is 2.53 bits per heavy atom. The largest absolute Gasteiger partial charge is 0.483 e. The summed E-state index contributed by atoms with van der Waals surface area (Å²) in [6.45, 7) is 3.54. The van der Waals surface area contributed by atoms with Crippen molar-refractivity contribution in [2.24, 2.45) is 5.92 Å². The van der Waals surface area contributed by atoms with Gasteiger partial charge in [0.25, 0.3) is 5.91 Å². The third-order valence-electron chi connectivity index (χ3n) is 7.43. The highest BCUT2D eigenvalue weighted by molar-refractivity contribution is 9.10. The first-order valence-corrected chi connectivity index (χ1v) is 16.5. The fourth-order valence-corrected chi connectivity index (χ4v) is 8.41. The van der Waals surface area contributed by atoms with Crippen molar-refractivity contribution in [3.63, 3.8) is 0 Å². The first-order chi connectivity index (χ1) is 21.6. The number of amides is 3. The maximum atomic E-state index is 14.2. The molecule has 3 aromatic carbocycles. The second-order valence-electron chi connectivity index (χ2n) is 10.4. The Morgan fingerprint density at radius 1 is 1.02 bits per heavy atom. The number of hydrogen-bond donors (Lipinski definition) is 2. The Morgan fingerprint density at radius 2 is 1.80 bits per heavy atom. The molecular weight excluding hydrogens is 682 g/mol. The van der Waals surface area contributed by atoms with Crippen molar-refractivity contribution in [2.75, 3.05) is 23.4 Å². The summed E-state index contributed by atoms with van der Waals surface area (Å²) in [4.78, 5) is 69.8. The zero-order chi connectivity index (χ0) is 31.8. The topological polar surface area (TPSA) is 135 Å². The number of H-pyrrole nitrogens is 1. The van der Waals surface area contributed by atoms with Gasteiger partial charge in [0.1, 0.15) is 11.0 Å². The summed E-state index contributed by atoms with van der Waals surface area (Å²) in [7, 11) is 0. The second kappa shape index (κ2) is 12.7. The average molecular weight is 709 g/mol. The van der Waals surface area contributed by atoms with Crippen molar-refractivity contribution < 1.29 is 28.7 Å². The lowest BCUT2D eigenvalue weighted by Gasteiger charge is -2.31. The number of hydrogen-bond acceptors (Lipinski definition) is 9. The number of halogens is 1. The molecule has 3 amide bonds. The van der Waals surface area contributed by atoms with Crippen LogP contribution in [0.25, 0.3) is 0 Å². The number of aromatic amines is 1. The molecule has 230 valence electrons. The van der Waals surface area contributed by atoms with Gasteiger partial charge in [0.2, 0.25) is 11.8 Å². The minimum absolute atomic E-state index is 0.219. The van der Waals surface area contributed by atoms with E-state index in [2.05, 4.69) is 26.2 Å². The number of thioether (sulfide) groups is 1. The second-order valence-corrected chi connectivity index (χ2v) is 13.5. The third kappa shape index (κ3) is 6.07. The van der Waals surface area contributed by atoms with Crippen LogP contribution in [0.15, 0.2) is 81.0 Å². The van der Waals surface area contributed by atoms with Crippen molar-refractivity contribution in [1.29, 1.82) is 0 Å². The number of nitrogens with zero attached hydrogens (tertiary/aromatic N) is 1. The molecule has 3 atom stereocenters. The van der Waals surface area contributed by atoms with Crippen LogP contribution in [0.4, 0.5) is 11.4 Å². The molecule has 0 radical (unpaired) electrons. The molecule has 13 heteroatoms. The van der Waals surface area contributed by atoms with Crippen molar-refractivity contribution in [1.82, 2.24) is 4.98 Å². The van der Waals surface area contributed by atoms with E-state index >= 15 is 0 Å². The summed E-state index contributed by atoms with van der Waals surface area (Å²) in [5, 5.41) is 2.50. The third-order valence-corrected chi connectivity index (χ3v) is 10.3. The summed E-state index contributed by atoms with van der Waals surface area (Å²) in [6.07, 6.45) is 0. The number of carbonyl (C=O) groups excluding carboxylic acids is 4. The first kappa shape index (κ1) is 30.8. The van der Waals surface area contributed by atoms with Gasteiger partial charge in [-0.1, -0.05) is 51.2 Å². The van der Waals surface area contributed by atoms with Crippen LogP contribution in [-0.2, 0) is 19.1 Å². The van der Waals surface area contributed by atoms with E-state index in [1.807, 2.05) is 25.1 Å². The van der Waals surface area contributed by atoms with Gasteiger partial charge in [-0.05, 0) is 74.0 Å². The number of fused-ring (bicyclic) bond motifs is 2. The van der Waals surface area contributed by atoms with E-state index in [4.69, 9.17) is 9.47 Å². The number of aryl methyl sites for hydroxylation is 1. The van der Waals surface area contributed by atoms with Crippen LogP contribution in [-0.4, -0.2) is 47.1 Å². The highest BCUT2D eigenvalue weighted by atomic mass is 79.9. The van der Waals surface area contributed by atoms with Crippen LogP contribution in [0.3, 0.4) is 0 Å². The number of nitrogens with one attached hydrogen (secondary N) is 2. The molecular formula is C32H26BrN3O7S2. The summed E-state index contributed by atoms with van der Waals surface area (Å²) in [5.41, 5.74) is 2.81. The molecule has 1 fully saturated rings. The standard InChI is InChI=1S/C32H26BrN3O7S2/c1-3-42-31(40)17-7-10-20(11-8-17)36-29(38)25-24(26-28(35-32(41)45-26)44-27(25)30(36)39)21-14-18(33)9-12-22(21)43-15-23(37)34-19-6-4-5-16(2)13-19/h4-14,24-25,27H,3,15H2,1-2H3,(H,34,37)(H,35,41)/t24-,25-,27+/m0/s1. The van der Waals surface area contributed by atoms with Crippen LogP contribution in [0.2, 0.25) is 0 Å². The Balaban J connectivity index is 1.33. The highest BCUT2D eigenvalue weighted by Crippen LogP contribution is 2.54. The van der Waals surface area contributed by atoms with E-state index in [9.17, 15) is 24.0 Å². The van der Waals surface area contributed by atoms with Gasteiger partial charge in [0, 0.05) is 26.5 Å². The SMILES string of the molecule is CCOC(=O)c1ccc(N2C(=O)[C@H]3[C@H](c4cc(Br)ccc4OCC(=O)Nc4cccc(C)c4)c4sc(=O)[nH]c4S[C@H]3C2=O)cc1. The van der Waals surface area contributed by atoms with Crippen LogP contribution in [0.1, 0.15) is 39.2 Å². The van der Waals surface area contributed by atoms with Gasteiger partial charge in [-0.25, -0.2) is 9.69 Å². The van der Waals surface area contributed by atoms with Gasteiger partial charge in [-0.15, -0.1) is 0 Å². The van der Waals surface area contributed by atoms with Crippen LogP contribution in [0, 0.1) is 12.8 Å². The fourth-order valence-electron chi connectivity index (χ4n) is 5.52. The Labute approximate surface area is 274 Å². The smallest absolute Gasteiger partial charge is 0.338 e. The maximum absolute atomic E-state index is 14.2. The van der Waals surface area contributed by atoms with Crippen LogP contribution in [0.5, 0.6) is 5.75 Å². The molecule has 1 aromatic heterocycles. The van der Waals surface area contributed by atoms with E-state index in [1.165, 1.54) is 24.3 Å². The van der Waals surface area contributed by atoms with E-state index in [-0.39, 0.29) is 24.0 Å². The highest BCUT2D eigenvalue weighted by Gasteiger charge is 2.56. The van der Waals surface area contributed by atoms with E-state index in [0.717, 1.165) is 33.6 Å². The zero-order valence-corrected chi connectivity index (χ0v) is 27.2. The number of benzene rings is 3.